The first-order valence-corrected chi connectivity index (χ1v) is 2.89. The van der Waals surface area contributed by atoms with E-state index < -0.39 is 0 Å². The molecule has 1 atom stereocenters. The van der Waals surface area contributed by atoms with Crippen LogP contribution in [0.15, 0.2) is 0 Å². The molecule has 48 valence electrons. The predicted octanol–water partition coefficient (Wildman–Crippen LogP) is -0.486. The van der Waals surface area contributed by atoms with Crippen molar-refractivity contribution in [3.05, 3.63) is 0 Å². The lowest BCUT2D eigenvalue weighted by molar-refractivity contribution is 0.615. The Morgan fingerprint density at radius 2 is 2.38 bits per heavy atom. The van der Waals surface area contributed by atoms with Gasteiger partial charge in [-0.2, -0.15) is 0 Å². The molecule has 1 unspecified atom stereocenters. The maximum Gasteiger partial charge on any atom is 0.164 e. The third-order valence-electron chi connectivity index (χ3n) is 0.767. The lowest BCUT2D eigenvalue weighted by atomic mass is 10.4. The van der Waals surface area contributed by atoms with Gasteiger partial charge in [0, 0.05) is 0 Å². The third-order valence-corrected chi connectivity index (χ3v) is 0.885. The maximum absolute atomic E-state index is 5.40. The average molecular weight is 133 g/mol. The maximum atomic E-state index is 5.40. The van der Waals surface area contributed by atoms with Crippen molar-refractivity contribution >= 4 is 17.3 Å². The molecule has 0 saturated heterocycles. The molecule has 0 amide bonds. The molecule has 3 nitrogen and oxygen atoms in total. The first kappa shape index (κ1) is 7.65. The Hall–Kier alpha value is -0.350. The predicted molar refractivity (Wildman–Crippen MR) is 38.2 cm³/mol. The quantitative estimate of drug-likeness (QED) is 0.351. The molecule has 0 heterocycles. The number of thiocarbonyl (C=S) groups is 1. The highest BCUT2D eigenvalue weighted by atomic mass is 32.1. The molecule has 0 spiro atoms. The second kappa shape index (κ2) is 3.63. The largest absolute Gasteiger partial charge is 0.376 e. The van der Waals surface area contributed by atoms with Crippen LogP contribution < -0.4 is 16.8 Å². The Morgan fingerprint density at radius 1 is 1.88 bits per heavy atom. The fourth-order valence-corrected chi connectivity index (χ4v) is 0.436. The molecule has 0 aliphatic rings. The van der Waals surface area contributed by atoms with E-state index in [0.29, 0.717) is 0 Å². The minimum Gasteiger partial charge on any atom is -0.376 e. The summed E-state index contributed by atoms with van der Waals surface area (Å²) in [4.78, 5) is 0. The number of nitrogens with two attached hydrogens (primary N) is 2. The van der Waals surface area contributed by atoms with Gasteiger partial charge >= 0.3 is 0 Å². The second-order valence-corrected chi connectivity index (χ2v) is 1.96. The normalized spacial score (nSPS) is 12.8. The SMILES string of the molecule is CCC(N)NC(N)=S. The first-order chi connectivity index (χ1) is 3.66. The van der Waals surface area contributed by atoms with Crippen LogP contribution in [-0.2, 0) is 0 Å². The van der Waals surface area contributed by atoms with Crippen molar-refractivity contribution in [3.63, 3.8) is 0 Å². The van der Waals surface area contributed by atoms with Gasteiger partial charge in [0.05, 0.1) is 6.17 Å². The van der Waals surface area contributed by atoms with E-state index in [0.717, 1.165) is 6.42 Å². The van der Waals surface area contributed by atoms with Crippen molar-refractivity contribution < 1.29 is 0 Å². The summed E-state index contributed by atoms with van der Waals surface area (Å²) in [7, 11) is 0. The molecule has 8 heavy (non-hydrogen) atoms. The molecular formula is C4H11N3S. The summed E-state index contributed by atoms with van der Waals surface area (Å²) in [5.41, 5.74) is 10.5. The van der Waals surface area contributed by atoms with Crippen LogP contribution in [0.3, 0.4) is 0 Å². The minimum atomic E-state index is -0.0903. The fraction of sp³-hybridized carbons (Fsp3) is 0.750. The zero-order valence-electron chi connectivity index (χ0n) is 4.85. The van der Waals surface area contributed by atoms with Crippen LogP contribution in [0.1, 0.15) is 13.3 Å². The summed E-state index contributed by atoms with van der Waals surface area (Å²) in [6.07, 6.45) is 0.740. The molecule has 0 aliphatic carbocycles. The summed E-state index contributed by atoms with van der Waals surface area (Å²) in [5, 5.41) is 2.94. The van der Waals surface area contributed by atoms with Crippen LogP contribution in [0, 0.1) is 0 Å². The van der Waals surface area contributed by atoms with Gasteiger partial charge in [0.2, 0.25) is 0 Å². The number of nitrogens with one attached hydrogen (secondary N) is 1. The van der Waals surface area contributed by atoms with Gasteiger partial charge in [0.1, 0.15) is 0 Å². The summed E-state index contributed by atoms with van der Waals surface area (Å²) in [5.74, 6) is 0. The molecule has 0 aromatic carbocycles. The van der Waals surface area contributed by atoms with Crippen molar-refractivity contribution in [1.29, 1.82) is 0 Å². The number of hydrogen-bond donors (Lipinski definition) is 3. The van der Waals surface area contributed by atoms with Gasteiger partial charge in [-0.15, -0.1) is 0 Å². The van der Waals surface area contributed by atoms with E-state index in [1.165, 1.54) is 0 Å². The van der Waals surface area contributed by atoms with Gasteiger partial charge in [-0.25, -0.2) is 0 Å². The molecule has 5 N–H and O–H groups in total. The summed E-state index contributed by atoms with van der Waals surface area (Å²) in [6, 6.07) is 0. The Kier molecular flexibility index (Phi) is 3.47. The van der Waals surface area contributed by atoms with E-state index in [-0.39, 0.29) is 11.3 Å². The monoisotopic (exact) mass is 133 g/mol. The molecule has 0 radical (unpaired) electrons. The van der Waals surface area contributed by atoms with Crippen LogP contribution in [0.5, 0.6) is 0 Å². The smallest absolute Gasteiger partial charge is 0.164 e. The Morgan fingerprint density at radius 3 is 2.50 bits per heavy atom. The summed E-state index contributed by atoms with van der Waals surface area (Å²) >= 11 is 4.52. The highest BCUT2D eigenvalue weighted by Gasteiger charge is 1.94. The van der Waals surface area contributed by atoms with Crippen LogP contribution in [0.2, 0.25) is 0 Å². The van der Waals surface area contributed by atoms with E-state index >= 15 is 0 Å². The van der Waals surface area contributed by atoms with E-state index in [1.807, 2.05) is 6.92 Å². The summed E-state index contributed by atoms with van der Waals surface area (Å²) in [6.45, 7) is 1.95. The highest BCUT2D eigenvalue weighted by Crippen LogP contribution is 1.76. The Bertz CT molecular complexity index is 83.4. The molecule has 0 bridgehead atoms. The van der Waals surface area contributed by atoms with E-state index in [9.17, 15) is 0 Å². The first-order valence-electron chi connectivity index (χ1n) is 2.48. The van der Waals surface area contributed by atoms with E-state index in [4.69, 9.17) is 11.5 Å². The van der Waals surface area contributed by atoms with Crippen molar-refractivity contribution in [2.75, 3.05) is 0 Å². The molecule has 0 aliphatic heterocycles. The van der Waals surface area contributed by atoms with Crippen molar-refractivity contribution in [1.82, 2.24) is 5.32 Å². The molecule has 4 heteroatoms. The molecule has 0 fully saturated rings. The fourth-order valence-electron chi connectivity index (χ4n) is 0.285. The van der Waals surface area contributed by atoms with Crippen molar-refractivity contribution in [3.8, 4) is 0 Å². The number of hydrogen-bond acceptors (Lipinski definition) is 2. The van der Waals surface area contributed by atoms with Gasteiger partial charge in [0.25, 0.3) is 0 Å². The van der Waals surface area contributed by atoms with E-state index in [2.05, 4.69) is 17.5 Å². The van der Waals surface area contributed by atoms with E-state index in [1.54, 1.807) is 0 Å². The molecule has 0 saturated carbocycles. The van der Waals surface area contributed by atoms with Gasteiger partial charge in [-0.05, 0) is 18.6 Å². The zero-order chi connectivity index (χ0) is 6.57. The van der Waals surface area contributed by atoms with Gasteiger partial charge in [0.15, 0.2) is 5.11 Å². The Balaban J connectivity index is 3.24. The molecule has 0 rings (SSSR count). The van der Waals surface area contributed by atoms with Gasteiger partial charge in [-0.1, -0.05) is 6.92 Å². The lowest BCUT2D eigenvalue weighted by Crippen LogP contribution is -2.43. The average Bonchev–Trinajstić information content (AvgIpc) is 1.65. The van der Waals surface area contributed by atoms with Gasteiger partial charge in [-0.3, -0.25) is 0 Å². The second-order valence-electron chi connectivity index (χ2n) is 1.52. The molecular weight excluding hydrogens is 122 g/mol. The van der Waals surface area contributed by atoms with Crippen molar-refractivity contribution in [2.45, 2.75) is 19.5 Å². The Labute approximate surface area is 54.4 Å². The number of rotatable bonds is 2. The summed E-state index contributed by atoms with van der Waals surface area (Å²) < 4.78 is 0. The van der Waals surface area contributed by atoms with Crippen LogP contribution >= 0.6 is 12.2 Å². The van der Waals surface area contributed by atoms with Gasteiger partial charge < -0.3 is 16.8 Å². The highest BCUT2D eigenvalue weighted by molar-refractivity contribution is 7.80. The van der Waals surface area contributed by atoms with Crippen LogP contribution in [-0.4, -0.2) is 11.3 Å². The standard InChI is InChI=1S/C4H11N3S/c1-2-3(5)7-4(6)8/h3H,2,5H2,1H3,(H3,6,7,8). The zero-order valence-corrected chi connectivity index (χ0v) is 5.66. The lowest BCUT2D eigenvalue weighted by Gasteiger charge is -2.09. The topological polar surface area (TPSA) is 64.1 Å². The third kappa shape index (κ3) is 3.83. The molecule has 0 aromatic heterocycles. The van der Waals surface area contributed by atoms with Crippen molar-refractivity contribution in [2.24, 2.45) is 11.5 Å². The van der Waals surface area contributed by atoms with Crippen LogP contribution in [0.25, 0.3) is 0 Å². The molecule has 0 aromatic rings. The van der Waals surface area contributed by atoms with Crippen LogP contribution in [0.4, 0.5) is 0 Å². The minimum absolute atomic E-state index is 0.0903.